The predicted octanol–water partition coefficient (Wildman–Crippen LogP) is 3.54. The molecule has 20 heavy (non-hydrogen) atoms. The largest absolute Gasteiger partial charge is 0.494 e. The highest BCUT2D eigenvalue weighted by Crippen LogP contribution is 2.20. The number of benzene rings is 1. The monoisotopic (exact) mass is 336 g/mol. The molecule has 0 bridgehead atoms. The van der Waals surface area contributed by atoms with E-state index in [0.29, 0.717) is 12.2 Å². The van der Waals surface area contributed by atoms with Crippen molar-refractivity contribution in [3.05, 3.63) is 45.7 Å². The second-order valence-corrected chi connectivity index (χ2v) is 5.32. The van der Waals surface area contributed by atoms with E-state index in [1.807, 2.05) is 32.9 Å². The van der Waals surface area contributed by atoms with Gasteiger partial charge in [-0.15, -0.1) is 0 Å². The highest BCUT2D eigenvalue weighted by Gasteiger charge is 2.13. The van der Waals surface area contributed by atoms with Crippen molar-refractivity contribution in [3.63, 3.8) is 0 Å². The lowest BCUT2D eigenvalue weighted by Crippen LogP contribution is -2.13. The van der Waals surface area contributed by atoms with Crippen LogP contribution in [0.3, 0.4) is 0 Å². The number of ketones is 1. The zero-order valence-corrected chi connectivity index (χ0v) is 13.4. The summed E-state index contributed by atoms with van der Waals surface area (Å²) in [6, 6.07) is 7.20. The van der Waals surface area contributed by atoms with Gasteiger partial charge in [0.1, 0.15) is 12.3 Å². The fourth-order valence-electron chi connectivity index (χ4n) is 1.96. The van der Waals surface area contributed by atoms with Crippen molar-refractivity contribution in [3.8, 4) is 5.75 Å². The molecule has 1 aromatic carbocycles. The Hall–Kier alpha value is -1.62. The number of rotatable bonds is 5. The van der Waals surface area contributed by atoms with E-state index in [4.69, 9.17) is 4.74 Å². The zero-order valence-electron chi connectivity index (χ0n) is 11.8. The summed E-state index contributed by atoms with van der Waals surface area (Å²) in [4.78, 5) is 12.2. The Morgan fingerprint density at radius 3 is 2.45 bits per heavy atom. The fourth-order valence-corrected chi connectivity index (χ4v) is 2.24. The van der Waals surface area contributed by atoms with Crippen LogP contribution in [0.15, 0.2) is 28.7 Å². The number of aromatic nitrogens is 2. The fraction of sp³-hybridized carbons (Fsp3) is 0.333. The summed E-state index contributed by atoms with van der Waals surface area (Å²) < 4.78 is 8.04. The molecule has 1 heterocycles. The van der Waals surface area contributed by atoms with Crippen LogP contribution in [-0.4, -0.2) is 22.2 Å². The molecular formula is C15H17BrN2O2. The lowest BCUT2D eigenvalue weighted by Gasteiger charge is -2.06. The number of Topliss-reactive ketones (excluding diaryl/α,β-unsaturated/α-hetero) is 1. The zero-order chi connectivity index (χ0) is 14.7. The molecule has 0 amide bonds. The number of halogens is 1. The van der Waals surface area contributed by atoms with Crippen LogP contribution < -0.4 is 4.74 Å². The number of hydrogen-bond acceptors (Lipinski definition) is 3. The smallest absolute Gasteiger partial charge is 0.184 e. The Morgan fingerprint density at radius 2 is 1.95 bits per heavy atom. The van der Waals surface area contributed by atoms with Gasteiger partial charge in [0.25, 0.3) is 0 Å². The Kier molecular flexibility index (Phi) is 4.60. The van der Waals surface area contributed by atoms with Gasteiger partial charge in [-0.2, -0.15) is 5.10 Å². The van der Waals surface area contributed by atoms with Crippen LogP contribution in [0.2, 0.25) is 0 Å². The van der Waals surface area contributed by atoms with Crippen molar-refractivity contribution in [2.75, 3.05) is 6.61 Å². The molecule has 0 aliphatic heterocycles. The van der Waals surface area contributed by atoms with Crippen molar-refractivity contribution in [2.45, 2.75) is 27.3 Å². The second kappa shape index (κ2) is 6.22. The summed E-state index contributed by atoms with van der Waals surface area (Å²) in [5.41, 5.74) is 2.51. The summed E-state index contributed by atoms with van der Waals surface area (Å²) in [5, 5.41) is 4.35. The van der Waals surface area contributed by atoms with E-state index in [1.165, 1.54) is 0 Å². The number of aryl methyl sites for hydroxylation is 1. The van der Waals surface area contributed by atoms with E-state index >= 15 is 0 Å². The minimum absolute atomic E-state index is 0.0335. The van der Waals surface area contributed by atoms with Gasteiger partial charge in [-0.05, 0) is 61.0 Å². The molecule has 0 spiro atoms. The number of carbonyl (C=O) groups is 1. The minimum Gasteiger partial charge on any atom is -0.494 e. The van der Waals surface area contributed by atoms with Gasteiger partial charge in [0, 0.05) is 5.56 Å². The van der Waals surface area contributed by atoms with Crippen LogP contribution in [0.1, 0.15) is 28.7 Å². The standard InChI is InChI=1S/C15H17BrN2O2/c1-4-20-13-7-5-12(6-8-13)14(19)9-18-11(3)15(16)10(2)17-18/h5-8H,4,9H2,1-3H3. The third-order valence-electron chi connectivity index (χ3n) is 3.07. The summed E-state index contributed by atoms with van der Waals surface area (Å²) in [6.45, 7) is 6.64. The molecule has 0 saturated carbocycles. The van der Waals surface area contributed by atoms with Crippen molar-refractivity contribution in [1.29, 1.82) is 0 Å². The van der Waals surface area contributed by atoms with Gasteiger partial charge < -0.3 is 4.74 Å². The Balaban J connectivity index is 2.13. The first-order valence-corrected chi connectivity index (χ1v) is 7.27. The topological polar surface area (TPSA) is 44.1 Å². The van der Waals surface area contributed by atoms with E-state index in [1.54, 1.807) is 16.8 Å². The average molecular weight is 337 g/mol. The Morgan fingerprint density at radius 1 is 1.30 bits per heavy atom. The summed E-state index contributed by atoms with van der Waals surface area (Å²) in [5.74, 6) is 0.809. The minimum atomic E-state index is 0.0335. The molecule has 0 fully saturated rings. The molecule has 0 atom stereocenters. The molecule has 0 radical (unpaired) electrons. The first-order valence-electron chi connectivity index (χ1n) is 6.48. The molecule has 0 N–H and O–H groups in total. The molecule has 2 rings (SSSR count). The summed E-state index contributed by atoms with van der Waals surface area (Å²) in [6.07, 6.45) is 0. The van der Waals surface area contributed by atoms with Crippen LogP contribution in [0, 0.1) is 13.8 Å². The van der Waals surface area contributed by atoms with Gasteiger partial charge in [0.05, 0.1) is 22.5 Å². The van der Waals surface area contributed by atoms with Gasteiger partial charge in [0.2, 0.25) is 0 Å². The molecule has 0 unspecified atom stereocenters. The molecule has 1 aromatic heterocycles. The maximum absolute atomic E-state index is 12.2. The van der Waals surface area contributed by atoms with Crippen molar-refractivity contribution < 1.29 is 9.53 Å². The maximum atomic E-state index is 12.2. The highest BCUT2D eigenvalue weighted by atomic mass is 79.9. The average Bonchev–Trinajstić information content (AvgIpc) is 2.67. The quantitative estimate of drug-likeness (QED) is 0.784. The molecule has 106 valence electrons. The first kappa shape index (κ1) is 14.8. The third-order valence-corrected chi connectivity index (χ3v) is 4.22. The van der Waals surface area contributed by atoms with Crippen LogP contribution in [0.4, 0.5) is 0 Å². The van der Waals surface area contributed by atoms with Crippen LogP contribution in [0.5, 0.6) is 5.75 Å². The molecule has 0 aliphatic carbocycles. The van der Waals surface area contributed by atoms with Crippen molar-refractivity contribution in [1.82, 2.24) is 9.78 Å². The molecule has 0 aliphatic rings. The molecule has 4 nitrogen and oxygen atoms in total. The van der Waals surface area contributed by atoms with E-state index in [9.17, 15) is 4.79 Å². The summed E-state index contributed by atoms with van der Waals surface area (Å²) >= 11 is 3.46. The van der Waals surface area contributed by atoms with Gasteiger partial charge in [-0.1, -0.05) is 0 Å². The predicted molar refractivity (Wildman–Crippen MR) is 81.3 cm³/mol. The maximum Gasteiger partial charge on any atom is 0.184 e. The SMILES string of the molecule is CCOc1ccc(C(=O)Cn2nc(C)c(Br)c2C)cc1. The lowest BCUT2D eigenvalue weighted by molar-refractivity contribution is 0.0966. The second-order valence-electron chi connectivity index (χ2n) is 4.52. The Bertz CT molecular complexity index is 618. The van der Waals surface area contributed by atoms with E-state index in [0.717, 1.165) is 21.6 Å². The van der Waals surface area contributed by atoms with Gasteiger partial charge >= 0.3 is 0 Å². The van der Waals surface area contributed by atoms with Crippen LogP contribution in [0.25, 0.3) is 0 Å². The molecule has 0 saturated heterocycles. The molecule has 2 aromatic rings. The number of carbonyl (C=O) groups excluding carboxylic acids is 1. The van der Waals surface area contributed by atoms with E-state index in [-0.39, 0.29) is 12.3 Å². The van der Waals surface area contributed by atoms with E-state index < -0.39 is 0 Å². The lowest BCUT2D eigenvalue weighted by atomic mass is 10.1. The highest BCUT2D eigenvalue weighted by molar-refractivity contribution is 9.10. The van der Waals surface area contributed by atoms with Gasteiger partial charge in [0.15, 0.2) is 5.78 Å². The van der Waals surface area contributed by atoms with Gasteiger partial charge in [-0.3, -0.25) is 9.48 Å². The number of hydrogen-bond donors (Lipinski definition) is 0. The van der Waals surface area contributed by atoms with Gasteiger partial charge in [-0.25, -0.2) is 0 Å². The van der Waals surface area contributed by atoms with Crippen LogP contribution >= 0.6 is 15.9 Å². The van der Waals surface area contributed by atoms with Crippen LogP contribution in [-0.2, 0) is 6.54 Å². The Labute approximate surface area is 126 Å². The van der Waals surface area contributed by atoms with Crippen molar-refractivity contribution in [2.24, 2.45) is 0 Å². The molecule has 5 heteroatoms. The number of nitrogens with zero attached hydrogens (tertiary/aromatic N) is 2. The normalized spacial score (nSPS) is 10.6. The summed E-state index contributed by atoms with van der Waals surface area (Å²) in [7, 11) is 0. The number of ether oxygens (including phenoxy) is 1. The third kappa shape index (κ3) is 3.10. The first-order chi connectivity index (χ1) is 9.52. The van der Waals surface area contributed by atoms with E-state index in [2.05, 4.69) is 21.0 Å². The van der Waals surface area contributed by atoms with Crippen molar-refractivity contribution >= 4 is 21.7 Å². The molecular weight excluding hydrogens is 320 g/mol.